The summed E-state index contributed by atoms with van der Waals surface area (Å²) in [6.07, 6.45) is 0.222. The molecule has 0 aliphatic carbocycles. The summed E-state index contributed by atoms with van der Waals surface area (Å²) >= 11 is 0. The van der Waals surface area contributed by atoms with Crippen molar-refractivity contribution >= 4 is 5.78 Å². The van der Waals surface area contributed by atoms with E-state index in [-0.39, 0.29) is 53.1 Å². The van der Waals surface area contributed by atoms with E-state index in [4.69, 9.17) is 10.2 Å². The molecule has 0 aliphatic heterocycles. The van der Waals surface area contributed by atoms with Crippen LogP contribution in [0.4, 0.5) is 0 Å². The number of ketones is 1. The minimum absolute atomic E-state index is 0. The molecule has 0 saturated heterocycles. The standard InChI is InChI=1S/C6H14NO3.C5H8O2.2C3H7O.Ti/c8-4-1-7(2-5-9)3-6-10;1-4(6)3-5(2)7;2*1-3(2)4;/h8-9H,1-6H2;3,6H,1-2H3;2*3H,1-2H3;/q-1;;2*-1;+4/p-1. The zero-order valence-corrected chi connectivity index (χ0v) is 18.4. The molecule has 0 aromatic heterocycles. The van der Waals surface area contributed by atoms with E-state index in [1.165, 1.54) is 13.8 Å². The number of nitrogens with zero attached hydrogens (tertiary/aromatic N) is 1. The van der Waals surface area contributed by atoms with Gasteiger partial charge < -0.3 is 35.5 Å². The molecule has 0 aromatic rings. The fourth-order valence-electron chi connectivity index (χ4n) is 1.03. The van der Waals surface area contributed by atoms with Gasteiger partial charge in [0.25, 0.3) is 0 Å². The number of aliphatic hydroxyl groups excluding tert-OH is 2. The van der Waals surface area contributed by atoms with Crippen molar-refractivity contribution in [3.8, 4) is 0 Å². The van der Waals surface area contributed by atoms with Crippen molar-refractivity contribution in [3.63, 3.8) is 0 Å². The van der Waals surface area contributed by atoms with Gasteiger partial charge in [0, 0.05) is 13.1 Å². The molecule has 0 radical (unpaired) electrons. The molecule has 0 fully saturated rings. The van der Waals surface area contributed by atoms with Crippen LogP contribution in [0.3, 0.4) is 0 Å². The van der Waals surface area contributed by atoms with Crippen LogP contribution in [0.5, 0.6) is 0 Å². The van der Waals surface area contributed by atoms with Crippen LogP contribution in [-0.2, 0) is 26.5 Å². The molecule has 8 nitrogen and oxygen atoms in total. The second-order valence-electron chi connectivity index (χ2n) is 5.46. The van der Waals surface area contributed by atoms with E-state index in [0.717, 1.165) is 6.08 Å². The Labute approximate surface area is 173 Å². The summed E-state index contributed by atoms with van der Waals surface area (Å²) in [6, 6.07) is 0. The van der Waals surface area contributed by atoms with Gasteiger partial charge in [-0.05, 0) is 19.5 Å². The average Bonchev–Trinajstić information content (AvgIpc) is 2.37. The van der Waals surface area contributed by atoms with Crippen LogP contribution in [0, 0.1) is 0 Å². The summed E-state index contributed by atoms with van der Waals surface area (Å²) in [7, 11) is 0. The largest absolute Gasteiger partial charge is 4.00 e. The van der Waals surface area contributed by atoms with Gasteiger partial charge in [-0.2, -0.15) is 0 Å². The number of hydrogen-bond donors (Lipinski definition) is 2. The number of carbonyl (C=O) groups excluding carboxylic acids is 1. The Morgan fingerprint density at radius 1 is 0.962 bits per heavy atom. The van der Waals surface area contributed by atoms with Gasteiger partial charge in [0.05, 0.1) is 13.2 Å². The zero-order valence-electron chi connectivity index (χ0n) is 16.9. The molecular weight excluding hydrogens is 378 g/mol. The molecule has 0 heterocycles. The first-order chi connectivity index (χ1) is 11.4. The second-order valence-corrected chi connectivity index (χ2v) is 5.46. The fraction of sp³-hybridized carbons (Fsp3) is 0.824. The molecule has 0 unspecified atom stereocenters. The van der Waals surface area contributed by atoms with Gasteiger partial charge >= 0.3 is 21.7 Å². The molecule has 0 atom stereocenters. The van der Waals surface area contributed by atoms with E-state index >= 15 is 0 Å². The predicted molar refractivity (Wildman–Crippen MR) is 90.2 cm³/mol. The van der Waals surface area contributed by atoms with Crippen molar-refractivity contribution in [2.45, 2.75) is 53.8 Å². The third kappa shape index (κ3) is 75.7. The minimum atomic E-state index is -0.417. The number of hydrogen-bond acceptors (Lipinski definition) is 8. The Kier molecular flexibility index (Phi) is 41.4. The van der Waals surface area contributed by atoms with Gasteiger partial charge in [0.15, 0.2) is 5.78 Å². The van der Waals surface area contributed by atoms with Crippen molar-refractivity contribution in [2.24, 2.45) is 0 Å². The van der Waals surface area contributed by atoms with Crippen molar-refractivity contribution in [1.82, 2.24) is 4.90 Å². The monoisotopic (exact) mass is 413 g/mol. The quantitative estimate of drug-likeness (QED) is 0.254. The molecule has 2 N–H and O–H groups in total. The number of aliphatic hydroxyl groups is 2. The molecule has 0 spiro atoms. The van der Waals surface area contributed by atoms with Crippen molar-refractivity contribution in [1.29, 1.82) is 0 Å². The Morgan fingerprint density at radius 2 is 1.27 bits per heavy atom. The minimum Gasteiger partial charge on any atom is -0.876 e. The number of allylic oxidation sites excluding steroid dienone is 2. The molecule has 0 bridgehead atoms. The Balaban J connectivity index is -0.0000000806. The van der Waals surface area contributed by atoms with E-state index in [0.29, 0.717) is 19.6 Å². The first-order valence-electron chi connectivity index (χ1n) is 8.14. The van der Waals surface area contributed by atoms with Crippen LogP contribution in [-0.4, -0.2) is 72.6 Å². The second kappa shape index (κ2) is 29.4. The summed E-state index contributed by atoms with van der Waals surface area (Å²) in [5, 5.41) is 56.0. The molecule has 9 heteroatoms. The molecule has 0 aromatic carbocycles. The maximum Gasteiger partial charge on any atom is 4.00 e. The van der Waals surface area contributed by atoms with E-state index in [1.807, 2.05) is 0 Å². The van der Waals surface area contributed by atoms with Crippen LogP contribution in [0.1, 0.15) is 41.5 Å². The third-order valence-electron chi connectivity index (χ3n) is 1.65. The summed E-state index contributed by atoms with van der Waals surface area (Å²) < 4.78 is 0. The Morgan fingerprint density at radius 3 is 1.38 bits per heavy atom. The van der Waals surface area contributed by atoms with Gasteiger partial charge in [-0.3, -0.25) is 4.79 Å². The number of carbonyl (C=O) groups is 1. The first-order valence-corrected chi connectivity index (χ1v) is 8.14. The van der Waals surface area contributed by atoms with Gasteiger partial charge in [-0.25, -0.2) is 0 Å². The third-order valence-corrected chi connectivity index (χ3v) is 1.65. The Bertz CT molecular complexity index is 271. The van der Waals surface area contributed by atoms with E-state index in [1.54, 1.807) is 32.6 Å². The van der Waals surface area contributed by atoms with Gasteiger partial charge in [-0.15, -0.1) is 24.6 Å². The SMILES string of the molecule is CC(=O)C=C(C)[O-].CC(C)[O-].CC(C)[O-].[O-]CCN(CCO)CCO.[Ti+4]. The van der Waals surface area contributed by atoms with Crippen LogP contribution < -0.4 is 20.4 Å². The maximum absolute atomic E-state index is 10.1. The topological polar surface area (TPSA) is 153 Å². The van der Waals surface area contributed by atoms with Crippen molar-refractivity contribution in [2.75, 3.05) is 39.5 Å². The Hall–Kier alpha value is -0.316. The molecule has 0 rings (SSSR count). The molecule has 0 amide bonds. The van der Waals surface area contributed by atoms with E-state index < -0.39 is 12.2 Å². The summed E-state index contributed by atoms with van der Waals surface area (Å²) in [5.41, 5.74) is 0. The van der Waals surface area contributed by atoms with Crippen molar-refractivity contribution < 1.29 is 57.2 Å². The molecular formula is C17H35NO7Ti. The first kappa shape index (κ1) is 36.6. The normalized spacial score (nSPS) is 10.0. The van der Waals surface area contributed by atoms with Gasteiger partial charge in [0.2, 0.25) is 0 Å². The average molecular weight is 413 g/mol. The van der Waals surface area contributed by atoms with Gasteiger partial charge in [0.1, 0.15) is 0 Å². The van der Waals surface area contributed by atoms with E-state index in [2.05, 4.69) is 0 Å². The predicted octanol–water partition coefficient (Wildman–Crippen LogP) is -3.02. The van der Waals surface area contributed by atoms with Crippen molar-refractivity contribution in [3.05, 3.63) is 11.8 Å². The number of rotatable bonds is 7. The molecule has 154 valence electrons. The fourth-order valence-corrected chi connectivity index (χ4v) is 1.03. The molecule has 26 heavy (non-hydrogen) atoms. The van der Waals surface area contributed by atoms with E-state index in [9.17, 15) is 25.2 Å². The van der Waals surface area contributed by atoms with Gasteiger partial charge in [-0.1, -0.05) is 34.6 Å². The smallest absolute Gasteiger partial charge is 0.876 e. The maximum atomic E-state index is 10.1. The zero-order chi connectivity index (χ0) is 20.8. The van der Waals surface area contributed by atoms with Crippen LogP contribution >= 0.6 is 0 Å². The molecule has 0 aliphatic rings. The van der Waals surface area contributed by atoms with Crippen LogP contribution in [0.15, 0.2) is 11.8 Å². The summed E-state index contributed by atoms with van der Waals surface area (Å²) in [4.78, 5) is 11.7. The molecule has 0 saturated carbocycles. The van der Waals surface area contributed by atoms with Crippen LogP contribution in [0.2, 0.25) is 0 Å². The summed E-state index contributed by atoms with van der Waals surface area (Å²) in [5.74, 6) is -0.375. The summed E-state index contributed by atoms with van der Waals surface area (Å²) in [6.45, 7) is 10.4. The van der Waals surface area contributed by atoms with Crippen LogP contribution in [0.25, 0.3) is 0 Å².